The van der Waals surface area contributed by atoms with Crippen molar-refractivity contribution in [2.24, 2.45) is 0 Å². The maximum atomic E-state index is 12.5. The van der Waals surface area contributed by atoms with E-state index in [-0.39, 0.29) is 16.6 Å². The smallest absolute Gasteiger partial charge is 0.253 e. The Morgan fingerprint density at radius 3 is 2.06 bits per heavy atom. The molecule has 8 heteroatoms. The predicted molar refractivity (Wildman–Crippen MR) is 129 cm³/mol. The molecule has 172 valence electrons. The molecule has 0 atom stereocenters. The Morgan fingerprint density at radius 2 is 1.50 bits per heavy atom. The summed E-state index contributed by atoms with van der Waals surface area (Å²) in [6, 6.07) is 23.9. The molecule has 0 spiro atoms. The molecule has 0 unspecified atom stereocenters. The fraction of sp³-hybridized carbons (Fsp3) is 0.0769. The third kappa shape index (κ3) is 5.79. The number of nitrogens with one attached hydrogen (secondary N) is 1. The van der Waals surface area contributed by atoms with Crippen LogP contribution in [-0.2, 0) is 16.4 Å². The summed E-state index contributed by atoms with van der Waals surface area (Å²) in [6.07, 6.45) is 2.62. The normalized spacial score (nSPS) is 11.1. The number of hydrogen-bond acceptors (Lipinski definition) is 6. The summed E-state index contributed by atoms with van der Waals surface area (Å²) in [6.45, 7) is 0.345. The third-order valence-corrected chi connectivity index (χ3v) is 6.21. The molecule has 2 N–H and O–H groups in total. The fourth-order valence-corrected chi connectivity index (χ4v) is 3.83. The highest BCUT2D eigenvalue weighted by Crippen LogP contribution is 2.23. The zero-order valence-electron chi connectivity index (χ0n) is 18.3. The molecule has 7 nitrogen and oxygen atoms in total. The Hall–Kier alpha value is -4.17. The molecule has 1 amide bonds. The average Bonchev–Trinajstić information content (AvgIpc) is 2.84. The highest BCUT2D eigenvalue weighted by molar-refractivity contribution is 7.90. The lowest BCUT2D eigenvalue weighted by molar-refractivity contribution is 0.0950. The zero-order chi connectivity index (χ0) is 24.1. The first-order valence-corrected chi connectivity index (χ1v) is 12.3. The first kappa shape index (κ1) is 23.0. The molecule has 1 heterocycles. The lowest BCUT2D eigenvalue weighted by atomic mass is 10.0. The molecule has 0 radical (unpaired) electrons. The van der Waals surface area contributed by atoms with E-state index in [1.807, 2.05) is 24.3 Å². The van der Waals surface area contributed by atoms with Crippen LogP contribution >= 0.6 is 0 Å². The summed E-state index contributed by atoms with van der Waals surface area (Å²) in [4.78, 5) is 16.9. The van der Waals surface area contributed by atoms with Crippen molar-refractivity contribution in [3.8, 4) is 28.5 Å². The number of amides is 1. The second kappa shape index (κ2) is 9.76. The number of benzene rings is 3. The Bertz CT molecular complexity index is 1380. The molecule has 3 aromatic carbocycles. The zero-order valence-corrected chi connectivity index (χ0v) is 19.1. The SMILES string of the molecule is CS(=O)(=O)c1ccc(-c2ccc(CNC(=O)c3ccc(Oc4ccc(O)cc4)nc3)cc2)cc1. The van der Waals surface area contributed by atoms with E-state index in [0.29, 0.717) is 23.7 Å². The van der Waals surface area contributed by atoms with Crippen LogP contribution in [0.5, 0.6) is 17.4 Å². The molecule has 1 aromatic heterocycles. The summed E-state index contributed by atoms with van der Waals surface area (Å²) >= 11 is 0. The number of aromatic hydroxyl groups is 1. The summed E-state index contributed by atoms with van der Waals surface area (Å²) in [7, 11) is -3.23. The molecule has 34 heavy (non-hydrogen) atoms. The minimum Gasteiger partial charge on any atom is -0.508 e. The predicted octanol–water partition coefficient (Wildman–Crippen LogP) is 4.58. The van der Waals surface area contributed by atoms with E-state index in [0.717, 1.165) is 16.7 Å². The van der Waals surface area contributed by atoms with Crippen LogP contribution in [0, 0.1) is 0 Å². The van der Waals surface area contributed by atoms with Crippen molar-refractivity contribution in [3.63, 3.8) is 0 Å². The second-order valence-electron chi connectivity index (χ2n) is 7.66. The number of rotatable bonds is 7. The molecule has 0 bridgehead atoms. The first-order valence-electron chi connectivity index (χ1n) is 10.4. The minimum atomic E-state index is -3.23. The van der Waals surface area contributed by atoms with Crippen molar-refractivity contribution in [1.82, 2.24) is 10.3 Å². The molecule has 0 aliphatic carbocycles. The number of carbonyl (C=O) groups is 1. The molecule has 4 rings (SSSR count). The number of sulfone groups is 1. The van der Waals surface area contributed by atoms with E-state index in [2.05, 4.69) is 10.3 Å². The molecule has 0 aliphatic heterocycles. The van der Waals surface area contributed by atoms with Gasteiger partial charge in [0.1, 0.15) is 11.5 Å². The van der Waals surface area contributed by atoms with E-state index in [9.17, 15) is 18.3 Å². The Balaban J connectivity index is 1.33. The van der Waals surface area contributed by atoms with Gasteiger partial charge in [-0.3, -0.25) is 4.79 Å². The van der Waals surface area contributed by atoms with Gasteiger partial charge in [-0.15, -0.1) is 0 Å². The molecule has 0 fully saturated rings. The number of carbonyl (C=O) groups excluding carboxylic acids is 1. The Morgan fingerprint density at radius 1 is 0.882 bits per heavy atom. The number of pyridine rings is 1. The van der Waals surface area contributed by atoms with Crippen molar-refractivity contribution in [3.05, 3.63) is 102 Å². The van der Waals surface area contributed by atoms with Gasteiger partial charge in [-0.05, 0) is 59.2 Å². The molecule has 0 saturated heterocycles. The van der Waals surface area contributed by atoms with Gasteiger partial charge in [0, 0.05) is 25.1 Å². The number of nitrogens with zero attached hydrogens (tertiary/aromatic N) is 1. The average molecular weight is 475 g/mol. The fourth-order valence-electron chi connectivity index (χ4n) is 3.20. The Kier molecular flexibility index (Phi) is 6.60. The number of hydrogen-bond donors (Lipinski definition) is 2. The Labute approximate surface area is 197 Å². The van der Waals surface area contributed by atoms with Gasteiger partial charge in [-0.2, -0.15) is 0 Å². The number of phenolic OH excluding ortho intramolecular Hbond substituents is 1. The monoisotopic (exact) mass is 474 g/mol. The van der Waals surface area contributed by atoms with Crippen LogP contribution in [-0.4, -0.2) is 30.7 Å². The third-order valence-electron chi connectivity index (χ3n) is 5.08. The van der Waals surface area contributed by atoms with E-state index in [4.69, 9.17) is 4.74 Å². The van der Waals surface area contributed by atoms with Crippen molar-refractivity contribution >= 4 is 15.7 Å². The second-order valence-corrected chi connectivity index (χ2v) is 9.67. The van der Waals surface area contributed by atoms with Gasteiger partial charge in [0.15, 0.2) is 9.84 Å². The first-order chi connectivity index (χ1) is 16.3. The maximum Gasteiger partial charge on any atom is 0.253 e. The maximum absolute atomic E-state index is 12.5. The van der Waals surface area contributed by atoms with Crippen LogP contribution in [0.15, 0.2) is 96.0 Å². The molecular weight excluding hydrogens is 452 g/mol. The molecule has 0 aliphatic rings. The van der Waals surface area contributed by atoms with Gasteiger partial charge in [0.05, 0.1) is 10.5 Å². The van der Waals surface area contributed by atoms with E-state index >= 15 is 0 Å². The standard InChI is InChI=1S/C26H22N2O5S/c1-34(31,32)24-13-6-20(7-14-24)19-4-2-18(3-5-19)16-28-26(30)21-8-15-25(27-17-21)33-23-11-9-22(29)10-12-23/h2-15,17,29H,16H2,1H3,(H,28,30). The molecule has 0 saturated carbocycles. The van der Waals surface area contributed by atoms with Crippen molar-refractivity contribution < 1.29 is 23.1 Å². The van der Waals surface area contributed by atoms with Gasteiger partial charge in [0.25, 0.3) is 5.91 Å². The number of aromatic nitrogens is 1. The largest absolute Gasteiger partial charge is 0.508 e. The van der Waals surface area contributed by atoms with Crippen LogP contribution in [0.1, 0.15) is 15.9 Å². The van der Waals surface area contributed by atoms with Gasteiger partial charge in [-0.25, -0.2) is 13.4 Å². The van der Waals surface area contributed by atoms with E-state index < -0.39 is 9.84 Å². The van der Waals surface area contributed by atoms with E-state index in [1.54, 1.807) is 48.5 Å². The van der Waals surface area contributed by atoms with Crippen molar-refractivity contribution in [2.45, 2.75) is 11.4 Å². The highest BCUT2D eigenvalue weighted by atomic mass is 32.2. The van der Waals surface area contributed by atoms with E-state index in [1.165, 1.54) is 24.6 Å². The molecule has 4 aromatic rings. The quantitative estimate of drug-likeness (QED) is 0.406. The highest BCUT2D eigenvalue weighted by Gasteiger charge is 2.09. The van der Waals surface area contributed by atoms with Crippen molar-refractivity contribution in [2.75, 3.05) is 6.26 Å². The lowest BCUT2D eigenvalue weighted by Crippen LogP contribution is -2.22. The van der Waals surface area contributed by atoms with Crippen LogP contribution in [0.2, 0.25) is 0 Å². The summed E-state index contributed by atoms with van der Waals surface area (Å²) < 4.78 is 28.8. The van der Waals surface area contributed by atoms with Crippen LogP contribution in [0.25, 0.3) is 11.1 Å². The molecular formula is C26H22N2O5S. The summed E-state index contributed by atoms with van der Waals surface area (Å²) in [5, 5.41) is 12.2. The van der Waals surface area contributed by atoms with Crippen LogP contribution < -0.4 is 10.1 Å². The summed E-state index contributed by atoms with van der Waals surface area (Å²) in [5.74, 6) is 0.744. The van der Waals surface area contributed by atoms with Crippen LogP contribution in [0.4, 0.5) is 0 Å². The summed E-state index contributed by atoms with van der Waals surface area (Å²) in [5.41, 5.74) is 3.18. The van der Waals surface area contributed by atoms with Gasteiger partial charge in [-0.1, -0.05) is 36.4 Å². The topological polar surface area (TPSA) is 106 Å². The number of ether oxygens (including phenoxy) is 1. The van der Waals surface area contributed by atoms with Gasteiger partial charge < -0.3 is 15.2 Å². The van der Waals surface area contributed by atoms with Gasteiger partial charge in [0.2, 0.25) is 5.88 Å². The van der Waals surface area contributed by atoms with Crippen LogP contribution in [0.3, 0.4) is 0 Å². The van der Waals surface area contributed by atoms with Crippen molar-refractivity contribution in [1.29, 1.82) is 0 Å². The number of phenols is 1. The lowest BCUT2D eigenvalue weighted by Gasteiger charge is -2.08. The minimum absolute atomic E-state index is 0.144. The van der Waals surface area contributed by atoms with Gasteiger partial charge >= 0.3 is 0 Å².